The van der Waals surface area contributed by atoms with Gasteiger partial charge < -0.3 is 5.32 Å². The van der Waals surface area contributed by atoms with Crippen LogP contribution < -0.4 is 5.32 Å². The molecule has 0 saturated carbocycles. The maximum absolute atomic E-state index is 4.58. The van der Waals surface area contributed by atoms with Crippen molar-refractivity contribution < 1.29 is 0 Å². The predicted octanol–water partition coefficient (Wildman–Crippen LogP) is 3.80. The van der Waals surface area contributed by atoms with Crippen LogP contribution in [-0.2, 0) is 0 Å². The Kier molecular flexibility index (Phi) is 5.07. The van der Waals surface area contributed by atoms with E-state index < -0.39 is 0 Å². The molecule has 1 N–H and O–H groups in total. The summed E-state index contributed by atoms with van der Waals surface area (Å²) in [7, 11) is 0. The van der Waals surface area contributed by atoms with Crippen molar-refractivity contribution in [2.45, 2.75) is 47.1 Å². The molecular weight excluding hydrogens is 258 g/mol. The van der Waals surface area contributed by atoms with Crippen LogP contribution in [0.15, 0.2) is 24.5 Å². The first-order valence-electron chi connectivity index (χ1n) is 7.62. The molecule has 1 aromatic carbocycles. The molecule has 0 spiro atoms. The first kappa shape index (κ1) is 15.6. The number of nitrogens with one attached hydrogen (secondary N) is 1. The fourth-order valence-electron chi connectivity index (χ4n) is 2.51. The van der Waals surface area contributed by atoms with Crippen molar-refractivity contribution in [2.24, 2.45) is 0 Å². The van der Waals surface area contributed by atoms with E-state index in [-0.39, 0.29) is 6.04 Å². The Bertz CT molecular complexity index is 603. The summed E-state index contributed by atoms with van der Waals surface area (Å²) in [6, 6.07) is 4.64. The Hall–Kier alpha value is -1.74. The summed E-state index contributed by atoms with van der Waals surface area (Å²) in [4.78, 5) is 8.98. The van der Waals surface area contributed by atoms with Crippen LogP contribution in [0.3, 0.4) is 0 Å². The number of aromatic nitrogens is 2. The van der Waals surface area contributed by atoms with E-state index in [1.54, 1.807) is 0 Å². The molecule has 1 heterocycles. The molecule has 21 heavy (non-hydrogen) atoms. The average molecular weight is 283 g/mol. The van der Waals surface area contributed by atoms with E-state index in [1.165, 1.54) is 22.3 Å². The minimum absolute atomic E-state index is 0.109. The van der Waals surface area contributed by atoms with Crippen molar-refractivity contribution in [3.63, 3.8) is 0 Å². The number of benzene rings is 1. The van der Waals surface area contributed by atoms with Crippen LogP contribution in [0.5, 0.6) is 0 Å². The van der Waals surface area contributed by atoms with E-state index in [9.17, 15) is 0 Å². The Morgan fingerprint density at radius 1 is 0.952 bits per heavy atom. The highest BCUT2D eigenvalue weighted by Crippen LogP contribution is 2.26. The first-order chi connectivity index (χ1) is 10.0. The van der Waals surface area contributed by atoms with Crippen molar-refractivity contribution in [3.05, 3.63) is 58.2 Å². The SMILES string of the molecule is CCCNC(c1cnc(C)cn1)c1cc(C)c(C)cc1C. The summed E-state index contributed by atoms with van der Waals surface area (Å²) < 4.78 is 0. The maximum Gasteiger partial charge on any atom is 0.0801 e. The Labute approximate surface area is 127 Å². The van der Waals surface area contributed by atoms with Crippen molar-refractivity contribution in [1.82, 2.24) is 15.3 Å². The van der Waals surface area contributed by atoms with Crippen LogP contribution in [0.4, 0.5) is 0 Å². The molecule has 1 atom stereocenters. The molecule has 1 aromatic heterocycles. The maximum atomic E-state index is 4.58. The minimum Gasteiger partial charge on any atom is -0.305 e. The summed E-state index contributed by atoms with van der Waals surface area (Å²) in [6.45, 7) is 11.6. The molecule has 3 nitrogen and oxygen atoms in total. The zero-order valence-electron chi connectivity index (χ0n) is 13.7. The molecule has 0 bridgehead atoms. The van der Waals surface area contributed by atoms with Gasteiger partial charge in [0.05, 0.1) is 23.6 Å². The molecule has 1 unspecified atom stereocenters. The van der Waals surface area contributed by atoms with E-state index in [1.807, 2.05) is 19.3 Å². The summed E-state index contributed by atoms with van der Waals surface area (Å²) in [5.41, 5.74) is 7.18. The zero-order chi connectivity index (χ0) is 15.4. The van der Waals surface area contributed by atoms with E-state index in [0.717, 1.165) is 24.4 Å². The lowest BCUT2D eigenvalue weighted by atomic mass is 9.94. The molecule has 0 fully saturated rings. The molecule has 0 saturated heterocycles. The highest BCUT2D eigenvalue weighted by atomic mass is 14.9. The number of hydrogen-bond acceptors (Lipinski definition) is 3. The second-order valence-electron chi connectivity index (χ2n) is 5.76. The first-order valence-corrected chi connectivity index (χ1v) is 7.62. The van der Waals surface area contributed by atoms with Crippen LogP contribution in [0.25, 0.3) is 0 Å². The van der Waals surface area contributed by atoms with Gasteiger partial charge in [0.1, 0.15) is 0 Å². The molecule has 2 aromatic rings. The highest BCUT2D eigenvalue weighted by Gasteiger charge is 2.18. The summed E-state index contributed by atoms with van der Waals surface area (Å²) in [6.07, 6.45) is 4.82. The topological polar surface area (TPSA) is 37.8 Å². The molecule has 0 aliphatic rings. The normalized spacial score (nSPS) is 12.4. The van der Waals surface area contributed by atoms with Gasteiger partial charge in [0.25, 0.3) is 0 Å². The van der Waals surface area contributed by atoms with E-state index in [0.29, 0.717) is 0 Å². The van der Waals surface area contributed by atoms with Gasteiger partial charge in [0.15, 0.2) is 0 Å². The molecule has 0 aliphatic carbocycles. The molecule has 0 radical (unpaired) electrons. The molecule has 0 aliphatic heterocycles. The minimum atomic E-state index is 0.109. The van der Waals surface area contributed by atoms with Gasteiger partial charge in [-0.3, -0.25) is 9.97 Å². The molecule has 2 rings (SSSR count). The lowest BCUT2D eigenvalue weighted by Crippen LogP contribution is -2.25. The second-order valence-corrected chi connectivity index (χ2v) is 5.76. The molecule has 112 valence electrons. The van der Waals surface area contributed by atoms with Gasteiger partial charge >= 0.3 is 0 Å². The van der Waals surface area contributed by atoms with Gasteiger partial charge in [-0.1, -0.05) is 19.1 Å². The number of hydrogen-bond donors (Lipinski definition) is 1. The lowest BCUT2D eigenvalue weighted by Gasteiger charge is -2.21. The largest absolute Gasteiger partial charge is 0.305 e. The van der Waals surface area contributed by atoms with Crippen molar-refractivity contribution in [1.29, 1.82) is 0 Å². The van der Waals surface area contributed by atoms with Gasteiger partial charge in [0.2, 0.25) is 0 Å². The van der Waals surface area contributed by atoms with Gasteiger partial charge in [-0.15, -0.1) is 0 Å². The van der Waals surface area contributed by atoms with Gasteiger partial charge in [-0.2, -0.15) is 0 Å². The Morgan fingerprint density at radius 2 is 1.67 bits per heavy atom. The van der Waals surface area contributed by atoms with Crippen LogP contribution in [-0.4, -0.2) is 16.5 Å². The number of nitrogens with zero attached hydrogens (tertiary/aromatic N) is 2. The van der Waals surface area contributed by atoms with Crippen LogP contribution in [0.1, 0.15) is 53.0 Å². The third-order valence-corrected chi connectivity index (χ3v) is 3.89. The van der Waals surface area contributed by atoms with Crippen molar-refractivity contribution in [3.8, 4) is 0 Å². The van der Waals surface area contributed by atoms with E-state index in [2.05, 4.69) is 55.1 Å². The second kappa shape index (κ2) is 6.81. The molecule has 0 amide bonds. The van der Waals surface area contributed by atoms with Crippen LogP contribution >= 0.6 is 0 Å². The summed E-state index contributed by atoms with van der Waals surface area (Å²) >= 11 is 0. The Balaban J connectivity index is 2.45. The third-order valence-electron chi connectivity index (χ3n) is 3.89. The number of rotatable bonds is 5. The monoisotopic (exact) mass is 283 g/mol. The van der Waals surface area contributed by atoms with E-state index in [4.69, 9.17) is 0 Å². The van der Waals surface area contributed by atoms with Crippen molar-refractivity contribution in [2.75, 3.05) is 6.54 Å². The third kappa shape index (κ3) is 3.67. The van der Waals surface area contributed by atoms with Crippen LogP contribution in [0.2, 0.25) is 0 Å². The fourth-order valence-corrected chi connectivity index (χ4v) is 2.51. The van der Waals surface area contributed by atoms with Gasteiger partial charge in [-0.25, -0.2) is 0 Å². The highest BCUT2D eigenvalue weighted by molar-refractivity contribution is 5.41. The smallest absolute Gasteiger partial charge is 0.0801 e. The number of aryl methyl sites for hydroxylation is 4. The van der Waals surface area contributed by atoms with E-state index >= 15 is 0 Å². The lowest BCUT2D eigenvalue weighted by molar-refractivity contribution is 0.581. The fraction of sp³-hybridized carbons (Fsp3) is 0.444. The van der Waals surface area contributed by atoms with Gasteiger partial charge in [0, 0.05) is 6.20 Å². The van der Waals surface area contributed by atoms with Crippen molar-refractivity contribution >= 4 is 0 Å². The molecular formula is C18H25N3. The zero-order valence-corrected chi connectivity index (χ0v) is 13.7. The Morgan fingerprint density at radius 3 is 2.29 bits per heavy atom. The average Bonchev–Trinajstić information content (AvgIpc) is 2.46. The quantitative estimate of drug-likeness (QED) is 0.907. The molecule has 3 heteroatoms. The standard InChI is InChI=1S/C18H25N3/c1-6-7-19-18(17-11-20-15(5)10-21-17)16-9-13(3)12(2)8-14(16)4/h8-11,18-19H,6-7H2,1-5H3. The van der Waals surface area contributed by atoms with Crippen LogP contribution in [0, 0.1) is 27.7 Å². The van der Waals surface area contributed by atoms with Gasteiger partial charge in [-0.05, 0) is 62.9 Å². The predicted molar refractivity (Wildman–Crippen MR) is 87.6 cm³/mol. The summed E-state index contributed by atoms with van der Waals surface area (Å²) in [5.74, 6) is 0. The summed E-state index contributed by atoms with van der Waals surface area (Å²) in [5, 5.41) is 3.61.